The molecular weight excluding hydrogens is 332 g/mol. The Balaban J connectivity index is 1.71. The van der Waals surface area contributed by atoms with Gasteiger partial charge in [0.1, 0.15) is 6.10 Å². The predicted molar refractivity (Wildman–Crippen MR) is 112 cm³/mol. The molecule has 27 heavy (non-hydrogen) atoms. The fourth-order valence-corrected chi connectivity index (χ4v) is 7.19. The zero-order valence-electron chi connectivity index (χ0n) is 18.6. The molecule has 3 aliphatic rings. The van der Waals surface area contributed by atoms with E-state index in [-0.39, 0.29) is 12.1 Å². The topological polar surface area (TPSA) is 26.3 Å². The number of carbonyl (C=O) groups excluding carboxylic acids is 1. The Kier molecular flexibility index (Phi) is 6.43. The predicted octanol–water partition coefficient (Wildman–Crippen LogP) is 6.79. The van der Waals surface area contributed by atoms with Crippen molar-refractivity contribution >= 4 is 5.97 Å². The highest BCUT2D eigenvalue weighted by Gasteiger charge is 2.56. The number of hydrogen-bond donors (Lipinski definition) is 0. The van der Waals surface area contributed by atoms with Gasteiger partial charge in [-0.1, -0.05) is 53.0 Å². The average molecular weight is 375 g/mol. The fraction of sp³-hybridized carbons (Fsp3) is 0.880. The first-order valence-corrected chi connectivity index (χ1v) is 11.6. The Labute approximate surface area is 167 Å². The second-order valence-electron chi connectivity index (χ2n) is 10.7. The normalized spacial score (nSPS) is 39.5. The van der Waals surface area contributed by atoms with Crippen molar-refractivity contribution in [1.82, 2.24) is 0 Å². The lowest BCUT2D eigenvalue weighted by Gasteiger charge is -2.52. The van der Waals surface area contributed by atoms with E-state index >= 15 is 0 Å². The molecule has 3 aliphatic carbocycles. The SMILES string of the molecule is CC(=O)OC1C(C)=CC[C@@H]2[C@@H]1CC[C@]1(C)[C@@H]([C@H](C)CCCC(C)C)CC[C@@H]21. The van der Waals surface area contributed by atoms with E-state index < -0.39 is 0 Å². The van der Waals surface area contributed by atoms with Crippen LogP contribution in [0.25, 0.3) is 0 Å². The average Bonchev–Trinajstić information content (AvgIpc) is 2.94. The number of allylic oxidation sites excluding steroid dienone is 1. The second-order valence-corrected chi connectivity index (χ2v) is 10.7. The van der Waals surface area contributed by atoms with Gasteiger partial charge in [-0.25, -0.2) is 0 Å². The Bertz CT molecular complexity index is 563. The van der Waals surface area contributed by atoms with Crippen LogP contribution in [0, 0.1) is 40.9 Å². The highest BCUT2D eigenvalue weighted by atomic mass is 16.5. The number of ether oxygens (including phenoxy) is 1. The molecule has 2 heteroatoms. The lowest BCUT2D eigenvalue weighted by atomic mass is 9.53. The summed E-state index contributed by atoms with van der Waals surface area (Å²) in [6, 6.07) is 0. The zero-order valence-corrected chi connectivity index (χ0v) is 18.6. The van der Waals surface area contributed by atoms with Gasteiger partial charge in [0, 0.05) is 12.8 Å². The van der Waals surface area contributed by atoms with Gasteiger partial charge in [0.25, 0.3) is 0 Å². The van der Waals surface area contributed by atoms with Gasteiger partial charge in [0.2, 0.25) is 0 Å². The van der Waals surface area contributed by atoms with Crippen LogP contribution in [0.2, 0.25) is 0 Å². The van der Waals surface area contributed by atoms with Crippen LogP contribution in [0.3, 0.4) is 0 Å². The number of hydrogen-bond acceptors (Lipinski definition) is 2. The number of fused-ring (bicyclic) bond motifs is 3. The summed E-state index contributed by atoms with van der Waals surface area (Å²) in [4.78, 5) is 11.7. The summed E-state index contributed by atoms with van der Waals surface area (Å²) in [5.41, 5.74) is 1.78. The van der Waals surface area contributed by atoms with Crippen LogP contribution in [-0.2, 0) is 9.53 Å². The molecule has 154 valence electrons. The molecule has 0 N–H and O–H groups in total. The van der Waals surface area contributed by atoms with E-state index in [1.165, 1.54) is 56.9 Å². The highest BCUT2D eigenvalue weighted by molar-refractivity contribution is 5.66. The fourth-order valence-electron chi connectivity index (χ4n) is 7.19. The molecule has 0 amide bonds. The van der Waals surface area contributed by atoms with Crippen LogP contribution >= 0.6 is 0 Å². The van der Waals surface area contributed by atoms with Gasteiger partial charge in [0.05, 0.1) is 0 Å². The summed E-state index contributed by atoms with van der Waals surface area (Å²) in [7, 11) is 0. The van der Waals surface area contributed by atoms with E-state index in [0.29, 0.717) is 17.3 Å². The molecule has 0 aliphatic heterocycles. The van der Waals surface area contributed by atoms with Crippen molar-refractivity contribution in [2.45, 2.75) is 99.0 Å². The molecule has 0 spiro atoms. The molecule has 0 aromatic heterocycles. The quantitative estimate of drug-likeness (QED) is 0.378. The Morgan fingerprint density at radius 2 is 1.93 bits per heavy atom. The lowest BCUT2D eigenvalue weighted by Crippen LogP contribution is -2.48. The third-order valence-electron chi connectivity index (χ3n) is 8.54. The minimum absolute atomic E-state index is 0.0355. The van der Waals surface area contributed by atoms with Crippen molar-refractivity contribution in [2.75, 3.05) is 0 Å². The molecule has 2 saturated carbocycles. The van der Waals surface area contributed by atoms with E-state index in [1.54, 1.807) is 6.92 Å². The molecule has 1 unspecified atom stereocenters. The maximum atomic E-state index is 11.7. The lowest BCUT2D eigenvalue weighted by molar-refractivity contribution is -0.151. The molecule has 7 atom stereocenters. The van der Waals surface area contributed by atoms with E-state index in [1.807, 2.05) is 0 Å². The molecule has 2 fully saturated rings. The molecule has 0 aromatic carbocycles. The third-order valence-corrected chi connectivity index (χ3v) is 8.54. The van der Waals surface area contributed by atoms with Crippen molar-refractivity contribution in [3.63, 3.8) is 0 Å². The molecule has 0 bridgehead atoms. The summed E-state index contributed by atoms with van der Waals surface area (Å²) in [6.07, 6.45) is 13.1. The van der Waals surface area contributed by atoms with E-state index in [4.69, 9.17) is 4.74 Å². The largest absolute Gasteiger partial charge is 0.458 e. The minimum Gasteiger partial charge on any atom is -0.458 e. The first-order valence-electron chi connectivity index (χ1n) is 11.6. The van der Waals surface area contributed by atoms with Crippen LogP contribution in [-0.4, -0.2) is 12.1 Å². The molecular formula is C25H42O2. The van der Waals surface area contributed by atoms with Gasteiger partial charge in [-0.15, -0.1) is 0 Å². The molecule has 3 rings (SSSR count). The smallest absolute Gasteiger partial charge is 0.303 e. The van der Waals surface area contributed by atoms with Gasteiger partial charge in [-0.3, -0.25) is 4.79 Å². The maximum Gasteiger partial charge on any atom is 0.303 e. The van der Waals surface area contributed by atoms with Gasteiger partial charge in [-0.05, 0) is 79.6 Å². The summed E-state index contributed by atoms with van der Waals surface area (Å²) in [6.45, 7) is 13.5. The van der Waals surface area contributed by atoms with Crippen LogP contribution in [0.5, 0.6) is 0 Å². The molecule has 2 nitrogen and oxygen atoms in total. The van der Waals surface area contributed by atoms with E-state index in [0.717, 1.165) is 23.7 Å². The van der Waals surface area contributed by atoms with Gasteiger partial charge in [-0.2, -0.15) is 0 Å². The Morgan fingerprint density at radius 1 is 1.19 bits per heavy atom. The molecule has 0 aromatic rings. The molecule has 0 saturated heterocycles. The third kappa shape index (κ3) is 4.15. The van der Waals surface area contributed by atoms with Crippen molar-refractivity contribution < 1.29 is 9.53 Å². The van der Waals surface area contributed by atoms with Crippen molar-refractivity contribution in [2.24, 2.45) is 40.9 Å². The van der Waals surface area contributed by atoms with E-state index in [2.05, 4.69) is 40.7 Å². The van der Waals surface area contributed by atoms with Gasteiger partial charge >= 0.3 is 5.97 Å². The number of esters is 1. The summed E-state index contributed by atoms with van der Waals surface area (Å²) in [5, 5.41) is 0. The monoisotopic (exact) mass is 374 g/mol. The first kappa shape index (κ1) is 20.9. The van der Waals surface area contributed by atoms with Crippen molar-refractivity contribution in [1.29, 1.82) is 0 Å². The molecule has 0 heterocycles. The number of carbonyl (C=O) groups is 1. The van der Waals surface area contributed by atoms with Gasteiger partial charge < -0.3 is 4.74 Å². The van der Waals surface area contributed by atoms with Crippen molar-refractivity contribution in [3.05, 3.63) is 11.6 Å². The number of rotatable bonds is 6. The summed E-state index contributed by atoms with van der Waals surface area (Å²) in [5.74, 6) is 4.52. The van der Waals surface area contributed by atoms with Crippen molar-refractivity contribution in [3.8, 4) is 0 Å². The Morgan fingerprint density at radius 3 is 2.59 bits per heavy atom. The highest BCUT2D eigenvalue weighted by Crippen LogP contribution is 2.63. The summed E-state index contributed by atoms with van der Waals surface area (Å²) >= 11 is 0. The van der Waals surface area contributed by atoms with Crippen LogP contribution in [0.15, 0.2) is 11.6 Å². The maximum absolute atomic E-state index is 11.7. The van der Waals surface area contributed by atoms with Gasteiger partial charge in [0.15, 0.2) is 0 Å². The van der Waals surface area contributed by atoms with Crippen LogP contribution in [0.4, 0.5) is 0 Å². The second kappa shape index (κ2) is 8.29. The zero-order chi connectivity index (χ0) is 19.8. The Hall–Kier alpha value is -0.790. The van der Waals surface area contributed by atoms with Crippen LogP contribution in [0.1, 0.15) is 92.9 Å². The van der Waals surface area contributed by atoms with Crippen LogP contribution < -0.4 is 0 Å². The standard InChI is InChI=1S/C25H42O2/c1-16(2)8-7-9-17(3)22-12-13-23-20-11-10-18(4)24(27-19(5)26)21(20)14-15-25(22,23)6/h10,16-17,20-24H,7-9,11-15H2,1-6H3/t17-,20-,21+,22-,23+,24?,25-/m1/s1. The first-order chi connectivity index (χ1) is 12.7. The summed E-state index contributed by atoms with van der Waals surface area (Å²) < 4.78 is 5.80. The minimum atomic E-state index is -0.121. The van der Waals surface area contributed by atoms with E-state index in [9.17, 15) is 4.79 Å². The molecule has 0 radical (unpaired) electrons.